The fourth-order valence-corrected chi connectivity index (χ4v) is 6.33. The first-order valence-corrected chi connectivity index (χ1v) is 11.4. The van der Waals surface area contributed by atoms with E-state index in [4.69, 9.17) is 13.3 Å². The van der Waals surface area contributed by atoms with Gasteiger partial charge in [-0.05, 0) is 25.7 Å². The van der Waals surface area contributed by atoms with E-state index >= 15 is 0 Å². The van der Waals surface area contributed by atoms with Gasteiger partial charge in [-0.3, -0.25) is 0 Å². The van der Waals surface area contributed by atoms with E-state index in [1.54, 1.807) is 0 Å². The van der Waals surface area contributed by atoms with Crippen molar-refractivity contribution < 1.29 is 13.3 Å². The summed E-state index contributed by atoms with van der Waals surface area (Å²) in [5.41, 5.74) is 0. The van der Waals surface area contributed by atoms with Crippen LogP contribution in [0.2, 0.25) is 0 Å². The molecule has 0 aliphatic carbocycles. The molecule has 0 rings (SSSR count). The topological polar surface area (TPSA) is 27.7 Å². The van der Waals surface area contributed by atoms with Crippen LogP contribution in [0.1, 0.15) is 79.1 Å². The highest BCUT2D eigenvalue weighted by Gasteiger charge is 2.48. The van der Waals surface area contributed by atoms with Crippen molar-refractivity contribution in [2.24, 2.45) is 0 Å². The Morgan fingerprint density at radius 2 is 1.19 bits per heavy atom. The van der Waals surface area contributed by atoms with E-state index in [9.17, 15) is 0 Å². The minimum atomic E-state index is -2.62. The standard InChI is InChI=1S/C16H34IO3Si/c1-5-9-10-11-12-16(17)21(18-13-6-2,19-14-7-3)20-15-8-4/h5-15H2,1-4H3. The summed E-state index contributed by atoms with van der Waals surface area (Å²) >= 11 is 2.43. The fourth-order valence-electron chi connectivity index (χ4n) is 1.93. The zero-order valence-electron chi connectivity index (χ0n) is 14.4. The maximum absolute atomic E-state index is 6.15. The van der Waals surface area contributed by atoms with E-state index in [1.165, 1.54) is 29.2 Å². The minimum Gasteiger partial charge on any atom is -0.373 e. The molecule has 0 aliphatic heterocycles. The normalized spacial score (nSPS) is 12.3. The van der Waals surface area contributed by atoms with Crippen LogP contribution in [0.5, 0.6) is 0 Å². The van der Waals surface area contributed by atoms with E-state index in [1.807, 2.05) is 0 Å². The van der Waals surface area contributed by atoms with Crippen molar-refractivity contribution >= 4 is 31.4 Å². The third-order valence-corrected chi connectivity index (χ3v) is 8.26. The summed E-state index contributed by atoms with van der Waals surface area (Å²) in [5.74, 6) is 0. The molecule has 0 fully saturated rings. The van der Waals surface area contributed by atoms with E-state index < -0.39 is 8.80 Å². The summed E-state index contributed by atoms with van der Waals surface area (Å²) in [6.07, 6.45) is 9.12. The predicted octanol–water partition coefficient (Wildman–Crippen LogP) is 5.68. The first-order chi connectivity index (χ1) is 10.2. The number of halogens is 1. The van der Waals surface area contributed by atoms with Crippen molar-refractivity contribution in [1.29, 1.82) is 0 Å². The van der Waals surface area contributed by atoms with Crippen LogP contribution in [0.4, 0.5) is 0 Å². The van der Waals surface area contributed by atoms with Gasteiger partial charge in [0.2, 0.25) is 0 Å². The second-order valence-corrected chi connectivity index (χ2v) is 10.2. The lowest BCUT2D eigenvalue weighted by molar-refractivity contribution is 0.0653. The average Bonchev–Trinajstić information content (AvgIpc) is 2.51. The zero-order valence-corrected chi connectivity index (χ0v) is 17.5. The van der Waals surface area contributed by atoms with Gasteiger partial charge in [0, 0.05) is 19.8 Å². The lowest BCUT2D eigenvalue weighted by atomic mass is 10.2. The Balaban J connectivity index is 4.65. The van der Waals surface area contributed by atoms with E-state index in [2.05, 4.69) is 50.3 Å². The first kappa shape index (κ1) is 21.8. The molecule has 127 valence electrons. The summed E-state index contributed by atoms with van der Waals surface area (Å²) in [7, 11) is -2.62. The molecule has 21 heavy (non-hydrogen) atoms. The van der Waals surface area contributed by atoms with Crippen LogP contribution in [0.15, 0.2) is 0 Å². The minimum absolute atomic E-state index is 0.723. The van der Waals surface area contributed by atoms with Crippen molar-refractivity contribution in [2.45, 2.75) is 79.1 Å². The van der Waals surface area contributed by atoms with Gasteiger partial charge in [0.1, 0.15) is 3.55 Å². The quantitative estimate of drug-likeness (QED) is 0.190. The maximum Gasteiger partial charge on any atom is 0.519 e. The molecule has 0 spiro atoms. The van der Waals surface area contributed by atoms with Gasteiger partial charge in [-0.1, -0.05) is 76.0 Å². The van der Waals surface area contributed by atoms with Gasteiger partial charge in [0.15, 0.2) is 0 Å². The summed E-state index contributed by atoms with van der Waals surface area (Å²) in [6, 6.07) is 0. The third kappa shape index (κ3) is 9.53. The predicted molar refractivity (Wildman–Crippen MR) is 101 cm³/mol. The Kier molecular flexibility index (Phi) is 15.0. The van der Waals surface area contributed by atoms with Crippen molar-refractivity contribution in [3.8, 4) is 0 Å². The van der Waals surface area contributed by atoms with Gasteiger partial charge < -0.3 is 13.3 Å². The number of rotatable bonds is 15. The van der Waals surface area contributed by atoms with Crippen LogP contribution in [0.25, 0.3) is 0 Å². The summed E-state index contributed by atoms with van der Waals surface area (Å²) < 4.78 is 19.7. The van der Waals surface area contributed by atoms with Gasteiger partial charge in [0.25, 0.3) is 0 Å². The highest BCUT2D eigenvalue weighted by Crippen LogP contribution is 2.34. The molecule has 0 aromatic heterocycles. The van der Waals surface area contributed by atoms with Gasteiger partial charge >= 0.3 is 8.80 Å². The number of hydrogen-bond donors (Lipinski definition) is 0. The molecule has 0 heterocycles. The summed E-state index contributed by atoms with van der Waals surface area (Å²) in [4.78, 5) is 0. The van der Waals surface area contributed by atoms with Crippen LogP contribution >= 0.6 is 22.6 Å². The van der Waals surface area contributed by atoms with Crippen LogP contribution < -0.4 is 0 Å². The SMILES string of the molecule is CCCCCC[C](I)[Si](OCCC)(OCCC)OCCC. The molecule has 0 aromatic rings. The highest BCUT2D eigenvalue weighted by molar-refractivity contribution is 14.1. The second kappa shape index (κ2) is 14.4. The van der Waals surface area contributed by atoms with Crippen molar-refractivity contribution in [1.82, 2.24) is 0 Å². The third-order valence-electron chi connectivity index (χ3n) is 3.07. The second-order valence-electron chi connectivity index (χ2n) is 5.32. The van der Waals surface area contributed by atoms with E-state index in [0.717, 1.165) is 45.5 Å². The lowest BCUT2D eigenvalue weighted by Gasteiger charge is -2.33. The number of unbranched alkanes of at least 4 members (excludes halogenated alkanes) is 3. The molecule has 5 heteroatoms. The molecule has 0 saturated carbocycles. The summed E-state index contributed by atoms with van der Waals surface area (Å²) in [6.45, 7) is 10.8. The molecule has 0 aliphatic rings. The van der Waals surface area contributed by atoms with Crippen molar-refractivity contribution in [2.75, 3.05) is 19.8 Å². The summed E-state index contributed by atoms with van der Waals surface area (Å²) in [5, 5.41) is 0. The Morgan fingerprint density at radius 1 is 0.714 bits per heavy atom. The van der Waals surface area contributed by atoms with Gasteiger partial charge in [-0.25, -0.2) is 0 Å². The molecule has 0 aromatic carbocycles. The number of hydrogen-bond acceptors (Lipinski definition) is 3. The molecular formula is C16H34IO3Si. The average molecular weight is 429 g/mol. The Morgan fingerprint density at radius 3 is 1.57 bits per heavy atom. The van der Waals surface area contributed by atoms with Crippen LogP contribution in [-0.4, -0.2) is 28.6 Å². The molecule has 1 radical (unpaired) electrons. The fraction of sp³-hybridized carbons (Fsp3) is 0.938. The molecule has 0 saturated heterocycles. The Hall–Kier alpha value is 0.827. The van der Waals surface area contributed by atoms with Gasteiger partial charge in [-0.15, -0.1) is 0 Å². The molecular weight excluding hydrogens is 395 g/mol. The highest BCUT2D eigenvalue weighted by atomic mass is 127. The molecule has 0 N–H and O–H groups in total. The largest absolute Gasteiger partial charge is 0.519 e. The Labute approximate surface area is 147 Å². The lowest BCUT2D eigenvalue weighted by Crippen LogP contribution is -2.50. The molecule has 0 atom stereocenters. The molecule has 0 amide bonds. The zero-order chi connectivity index (χ0) is 16.0. The Bertz CT molecular complexity index is 208. The van der Waals surface area contributed by atoms with Crippen molar-refractivity contribution in [3.63, 3.8) is 0 Å². The van der Waals surface area contributed by atoms with Gasteiger partial charge in [0.05, 0.1) is 0 Å². The van der Waals surface area contributed by atoms with Crippen LogP contribution in [-0.2, 0) is 13.3 Å². The van der Waals surface area contributed by atoms with E-state index in [0.29, 0.717) is 0 Å². The van der Waals surface area contributed by atoms with E-state index in [-0.39, 0.29) is 0 Å². The molecule has 3 nitrogen and oxygen atoms in total. The molecule has 0 bridgehead atoms. The maximum atomic E-state index is 6.15. The van der Waals surface area contributed by atoms with Crippen molar-refractivity contribution in [3.05, 3.63) is 3.55 Å². The van der Waals surface area contributed by atoms with Gasteiger partial charge in [-0.2, -0.15) is 0 Å². The first-order valence-electron chi connectivity index (χ1n) is 8.60. The smallest absolute Gasteiger partial charge is 0.373 e. The van der Waals surface area contributed by atoms with Crippen LogP contribution in [0, 0.1) is 3.55 Å². The molecule has 0 unspecified atom stereocenters. The monoisotopic (exact) mass is 429 g/mol. The van der Waals surface area contributed by atoms with Crippen LogP contribution in [0.3, 0.4) is 0 Å².